The number of nitrogens with zero attached hydrogens (tertiary/aromatic N) is 5. The molecule has 1 amide bonds. The first-order valence-corrected chi connectivity index (χ1v) is 8.88. The van der Waals surface area contributed by atoms with Crippen LogP contribution in [-0.4, -0.2) is 30.5 Å². The van der Waals surface area contributed by atoms with Gasteiger partial charge in [0.05, 0.1) is 14.9 Å². The molecule has 24 heavy (non-hydrogen) atoms. The van der Waals surface area contributed by atoms with Gasteiger partial charge in [-0.3, -0.25) is 10.1 Å². The molecular weight excluding hydrogens is 368 g/mol. The zero-order valence-electron chi connectivity index (χ0n) is 12.2. The molecule has 4 heterocycles. The Bertz CT molecular complexity index is 1050. The number of aromatic nitrogens is 5. The van der Waals surface area contributed by atoms with Crippen molar-refractivity contribution >= 4 is 51.1 Å². The molecule has 0 aliphatic rings. The summed E-state index contributed by atoms with van der Waals surface area (Å²) in [7, 11) is 0. The minimum atomic E-state index is -0.426. The molecule has 7 nitrogen and oxygen atoms in total. The van der Waals surface area contributed by atoms with Crippen LogP contribution >= 0.6 is 34.3 Å². The summed E-state index contributed by atoms with van der Waals surface area (Å²) >= 11 is 8.70. The van der Waals surface area contributed by atoms with Crippen molar-refractivity contribution in [2.75, 3.05) is 5.32 Å². The van der Waals surface area contributed by atoms with E-state index < -0.39 is 5.91 Å². The summed E-state index contributed by atoms with van der Waals surface area (Å²) in [6.07, 6.45) is 1.63. The van der Waals surface area contributed by atoms with E-state index in [4.69, 9.17) is 11.6 Å². The smallest absolute Gasteiger partial charge is 0.295 e. The summed E-state index contributed by atoms with van der Waals surface area (Å²) in [6, 6.07) is 5.50. The van der Waals surface area contributed by atoms with E-state index in [9.17, 15) is 4.79 Å². The van der Waals surface area contributed by atoms with Gasteiger partial charge < -0.3 is 0 Å². The van der Waals surface area contributed by atoms with E-state index in [-0.39, 0.29) is 5.82 Å². The first kappa shape index (κ1) is 15.2. The van der Waals surface area contributed by atoms with Crippen LogP contribution in [0.5, 0.6) is 0 Å². The lowest BCUT2D eigenvalue weighted by Gasteiger charge is -1.96. The number of halogens is 1. The number of rotatable bonds is 3. The molecule has 4 aromatic heterocycles. The molecule has 0 aliphatic carbocycles. The number of hydrogen-bond acceptors (Lipinski definition) is 7. The predicted molar refractivity (Wildman–Crippen MR) is 93.9 cm³/mol. The second kappa shape index (κ2) is 5.93. The molecule has 0 saturated carbocycles. The monoisotopic (exact) mass is 376 g/mol. The Kier molecular flexibility index (Phi) is 3.75. The highest BCUT2D eigenvalue weighted by Crippen LogP contribution is 2.32. The van der Waals surface area contributed by atoms with Crippen molar-refractivity contribution in [1.29, 1.82) is 0 Å². The quantitative estimate of drug-likeness (QED) is 0.591. The third-order valence-electron chi connectivity index (χ3n) is 3.18. The minimum absolute atomic E-state index is 0.0488. The minimum Gasteiger partial charge on any atom is -0.295 e. The summed E-state index contributed by atoms with van der Waals surface area (Å²) in [6.45, 7) is 1.87. The van der Waals surface area contributed by atoms with Gasteiger partial charge in [0.15, 0.2) is 5.13 Å². The third kappa shape index (κ3) is 2.77. The molecule has 10 heteroatoms. The SMILES string of the molecule is Cc1ccnc2nc(C(=O)Nc3nc(-c4ccc(Cl)s4)cs3)nn12. The molecule has 4 aromatic rings. The van der Waals surface area contributed by atoms with Crippen molar-refractivity contribution in [3.05, 3.63) is 45.6 Å². The maximum Gasteiger partial charge on any atom is 0.297 e. The van der Waals surface area contributed by atoms with Gasteiger partial charge in [0, 0.05) is 17.3 Å². The molecule has 4 rings (SSSR count). The van der Waals surface area contributed by atoms with E-state index in [2.05, 4.69) is 25.4 Å². The van der Waals surface area contributed by atoms with Gasteiger partial charge in [-0.1, -0.05) is 11.6 Å². The highest BCUT2D eigenvalue weighted by atomic mass is 35.5. The molecule has 0 fully saturated rings. The maximum absolute atomic E-state index is 12.3. The number of thiophene rings is 1. The lowest BCUT2D eigenvalue weighted by molar-refractivity contribution is 0.101. The van der Waals surface area contributed by atoms with Crippen LogP contribution in [0.2, 0.25) is 4.34 Å². The van der Waals surface area contributed by atoms with Crippen molar-refractivity contribution in [3.63, 3.8) is 0 Å². The van der Waals surface area contributed by atoms with Crippen molar-refractivity contribution in [3.8, 4) is 10.6 Å². The molecule has 1 N–H and O–H groups in total. The van der Waals surface area contributed by atoms with Crippen LogP contribution in [0, 0.1) is 6.92 Å². The van der Waals surface area contributed by atoms with Crippen molar-refractivity contribution in [2.45, 2.75) is 6.92 Å². The standard InChI is InChI=1S/C14H9ClN6OS2/c1-7-4-5-16-13-18-11(20-21(7)13)12(22)19-14-17-8(6-23-14)9-2-3-10(15)24-9/h2-6H,1H3,(H,17,19,22). The van der Waals surface area contributed by atoms with Crippen LogP contribution in [0.25, 0.3) is 16.3 Å². The van der Waals surface area contributed by atoms with E-state index >= 15 is 0 Å². The van der Waals surface area contributed by atoms with Crippen LogP contribution in [0.4, 0.5) is 5.13 Å². The second-order valence-corrected chi connectivity index (χ2v) is 7.40. The molecule has 120 valence electrons. The molecule has 0 aromatic carbocycles. The number of nitrogens with one attached hydrogen (secondary N) is 1. The number of amides is 1. The second-order valence-electron chi connectivity index (χ2n) is 4.83. The molecule has 0 atom stereocenters. The van der Waals surface area contributed by atoms with Crippen molar-refractivity contribution < 1.29 is 4.79 Å². The molecule has 0 spiro atoms. The first-order chi connectivity index (χ1) is 11.6. The van der Waals surface area contributed by atoms with E-state index in [1.54, 1.807) is 12.3 Å². The fourth-order valence-corrected chi connectivity index (χ4v) is 3.84. The summed E-state index contributed by atoms with van der Waals surface area (Å²) < 4.78 is 2.22. The van der Waals surface area contributed by atoms with Crippen LogP contribution in [-0.2, 0) is 0 Å². The van der Waals surface area contributed by atoms with Crippen molar-refractivity contribution in [2.24, 2.45) is 0 Å². The van der Waals surface area contributed by atoms with E-state index in [1.807, 2.05) is 24.4 Å². The fraction of sp³-hybridized carbons (Fsp3) is 0.0714. The molecule has 0 radical (unpaired) electrons. The number of anilines is 1. The van der Waals surface area contributed by atoms with E-state index in [0.717, 1.165) is 16.3 Å². The Balaban J connectivity index is 1.57. The molecule has 0 saturated heterocycles. The number of carbonyl (C=O) groups is 1. The number of fused-ring (bicyclic) bond motifs is 1. The van der Waals surface area contributed by atoms with E-state index in [1.165, 1.54) is 27.2 Å². The van der Waals surface area contributed by atoms with Crippen LogP contribution in [0.1, 0.15) is 16.3 Å². The van der Waals surface area contributed by atoms with Crippen LogP contribution in [0.3, 0.4) is 0 Å². The van der Waals surface area contributed by atoms with Gasteiger partial charge in [-0.05, 0) is 25.1 Å². The number of aryl methyl sites for hydroxylation is 1. The normalized spacial score (nSPS) is 11.1. The van der Waals surface area contributed by atoms with Gasteiger partial charge in [-0.2, -0.15) is 4.98 Å². The Hall–Kier alpha value is -2.36. The summed E-state index contributed by atoms with van der Waals surface area (Å²) in [5, 5.41) is 9.22. The molecule has 0 aliphatic heterocycles. The van der Waals surface area contributed by atoms with Crippen LogP contribution in [0.15, 0.2) is 29.8 Å². The number of hydrogen-bond donors (Lipinski definition) is 1. The largest absolute Gasteiger partial charge is 0.297 e. The lowest BCUT2D eigenvalue weighted by Crippen LogP contribution is -2.13. The highest BCUT2D eigenvalue weighted by molar-refractivity contribution is 7.20. The summed E-state index contributed by atoms with van der Waals surface area (Å²) in [4.78, 5) is 25.9. The molecular formula is C14H9ClN6OS2. The molecule has 0 bridgehead atoms. The third-order valence-corrected chi connectivity index (χ3v) is 5.19. The lowest BCUT2D eigenvalue weighted by atomic mass is 10.4. The average Bonchev–Trinajstić information content (AvgIpc) is 3.26. The zero-order valence-corrected chi connectivity index (χ0v) is 14.6. The molecule has 0 unspecified atom stereocenters. The van der Waals surface area contributed by atoms with Gasteiger partial charge in [-0.25, -0.2) is 14.5 Å². The predicted octanol–water partition coefficient (Wildman–Crippen LogP) is 3.52. The zero-order chi connectivity index (χ0) is 16.7. The Morgan fingerprint density at radius 1 is 1.29 bits per heavy atom. The Morgan fingerprint density at radius 2 is 2.17 bits per heavy atom. The average molecular weight is 377 g/mol. The van der Waals surface area contributed by atoms with Crippen molar-refractivity contribution in [1.82, 2.24) is 24.6 Å². The summed E-state index contributed by atoms with van der Waals surface area (Å²) in [5.41, 5.74) is 1.62. The summed E-state index contributed by atoms with van der Waals surface area (Å²) in [5.74, 6) is 0.00550. The fourth-order valence-electron chi connectivity index (χ4n) is 2.05. The van der Waals surface area contributed by atoms with Gasteiger partial charge >= 0.3 is 0 Å². The van der Waals surface area contributed by atoms with Gasteiger partial charge in [-0.15, -0.1) is 27.8 Å². The number of carbonyl (C=O) groups excluding carboxylic acids is 1. The van der Waals surface area contributed by atoms with Crippen LogP contribution < -0.4 is 5.32 Å². The maximum atomic E-state index is 12.3. The first-order valence-electron chi connectivity index (χ1n) is 6.81. The van der Waals surface area contributed by atoms with Gasteiger partial charge in [0.2, 0.25) is 5.82 Å². The number of thiazole rings is 1. The van der Waals surface area contributed by atoms with Gasteiger partial charge in [0.25, 0.3) is 11.7 Å². The highest BCUT2D eigenvalue weighted by Gasteiger charge is 2.16. The topological polar surface area (TPSA) is 85.1 Å². The van der Waals surface area contributed by atoms with Gasteiger partial charge in [0.1, 0.15) is 0 Å². The van der Waals surface area contributed by atoms with E-state index in [0.29, 0.717) is 15.2 Å². The Labute approximate surface area is 149 Å². The Morgan fingerprint density at radius 3 is 2.92 bits per heavy atom.